The lowest BCUT2D eigenvalue weighted by Gasteiger charge is -2.20. The van der Waals surface area contributed by atoms with E-state index >= 15 is 0 Å². The van der Waals surface area contributed by atoms with Crippen LogP contribution in [0.15, 0.2) is 4.42 Å². The number of nitrogens with one attached hydrogen (secondary N) is 1. The number of aromatic nitrogens is 2. The molecule has 0 saturated carbocycles. The van der Waals surface area contributed by atoms with Crippen molar-refractivity contribution in [2.75, 3.05) is 20.2 Å². The summed E-state index contributed by atoms with van der Waals surface area (Å²) in [5.41, 5.74) is -0.260. The first kappa shape index (κ1) is 14.1. The molecule has 5 heteroatoms. The lowest BCUT2D eigenvalue weighted by Crippen LogP contribution is -2.25. The van der Waals surface area contributed by atoms with Crippen LogP contribution in [0.5, 0.6) is 0 Å². The van der Waals surface area contributed by atoms with Gasteiger partial charge >= 0.3 is 0 Å². The van der Waals surface area contributed by atoms with Gasteiger partial charge in [-0.3, -0.25) is 0 Å². The van der Waals surface area contributed by atoms with Gasteiger partial charge in [-0.15, -0.1) is 10.2 Å². The molecule has 0 radical (unpaired) electrons. The Bertz CT molecular complexity index is 323. The van der Waals surface area contributed by atoms with Crippen molar-refractivity contribution in [1.82, 2.24) is 15.5 Å². The average molecular weight is 241 g/mol. The zero-order valence-electron chi connectivity index (χ0n) is 11.2. The lowest BCUT2D eigenvalue weighted by atomic mass is 10.1. The first-order valence-corrected chi connectivity index (χ1v) is 6.14. The topological polar surface area (TPSA) is 60.2 Å². The van der Waals surface area contributed by atoms with Crippen LogP contribution in [0.4, 0.5) is 0 Å². The number of hydrogen-bond donors (Lipinski definition) is 1. The molecule has 17 heavy (non-hydrogen) atoms. The van der Waals surface area contributed by atoms with E-state index in [4.69, 9.17) is 9.15 Å². The smallest absolute Gasteiger partial charge is 0.219 e. The minimum absolute atomic E-state index is 0.260. The SMILES string of the molecule is CCCNCCc1nnc(CC(C)(C)OC)o1. The van der Waals surface area contributed by atoms with Gasteiger partial charge in [-0.25, -0.2) is 0 Å². The summed E-state index contributed by atoms with van der Waals surface area (Å²) in [6.45, 7) is 8.05. The molecule has 1 rings (SSSR count). The van der Waals surface area contributed by atoms with Crippen molar-refractivity contribution < 1.29 is 9.15 Å². The fourth-order valence-corrected chi connectivity index (χ4v) is 1.39. The molecule has 0 atom stereocenters. The third-order valence-corrected chi connectivity index (χ3v) is 2.58. The van der Waals surface area contributed by atoms with Crippen LogP contribution in [-0.4, -0.2) is 36.0 Å². The predicted molar refractivity (Wildman–Crippen MR) is 66.0 cm³/mol. The van der Waals surface area contributed by atoms with Crippen molar-refractivity contribution in [1.29, 1.82) is 0 Å². The van der Waals surface area contributed by atoms with E-state index < -0.39 is 0 Å². The summed E-state index contributed by atoms with van der Waals surface area (Å²) in [5, 5.41) is 11.3. The summed E-state index contributed by atoms with van der Waals surface area (Å²) in [7, 11) is 1.69. The van der Waals surface area contributed by atoms with Gasteiger partial charge in [0.1, 0.15) is 0 Å². The maximum absolute atomic E-state index is 5.56. The standard InChI is InChI=1S/C12H23N3O2/c1-5-7-13-8-6-10-14-15-11(17-10)9-12(2,3)16-4/h13H,5-9H2,1-4H3. The Morgan fingerprint density at radius 1 is 1.24 bits per heavy atom. The van der Waals surface area contributed by atoms with Gasteiger partial charge in [-0.1, -0.05) is 6.92 Å². The summed E-state index contributed by atoms with van der Waals surface area (Å²) in [6, 6.07) is 0. The molecule has 1 heterocycles. The van der Waals surface area contributed by atoms with E-state index in [2.05, 4.69) is 22.4 Å². The van der Waals surface area contributed by atoms with Gasteiger partial charge in [0.25, 0.3) is 0 Å². The van der Waals surface area contributed by atoms with Gasteiger partial charge in [-0.2, -0.15) is 0 Å². The summed E-state index contributed by atoms with van der Waals surface area (Å²) in [5.74, 6) is 1.33. The van der Waals surface area contributed by atoms with Gasteiger partial charge in [0.05, 0.1) is 12.0 Å². The molecule has 5 nitrogen and oxygen atoms in total. The Balaban J connectivity index is 2.37. The van der Waals surface area contributed by atoms with Crippen molar-refractivity contribution in [3.63, 3.8) is 0 Å². The molecule has 0 aliphatic heterocycles. The van der Waals surface area contributed by atoms with Gasteiger partial charge in [0.2, 0.25) is 11.8 Å². The van der Waals surface area contributed by atoms with Crippen molar-refractivity contribution in [2.45, 2.75) is 45.6 Å². The Morgan fingerprint density at radius 3 is 2.59 bits per heavy atom. The van der Waals surface area contributed by atoms with E-state index in [1.54, 1.807) is 7.11 Å². The molecular weight excluding hydrogens is 218 g/mol. The molecule has 0 bridgehead atoms. The fraction of sp³-hybridized carbons (Fsp3) is 0.833. The van der Waals surface area contributed by atoms with Crippen LogP contribution in [0.1, 0.15) is 39.0 Å². The zero-order chi connectivity index (χ0) is 12.7. The van der Waals surface area contributed by atoms with Crippen LogP contribution in [0, 0.1) is 0 Å². The van der Waals surface area contributed by atoms with Gasteiger partial charge < -0.3 is 14.5 Å². The van der Waals surface area contributed by atoms with Crippen molar-refractivity contribution in [2.24, 2.45) is 0 Å². The normalized spacial score (nSPS) is 12.0. The molecule has 1 aromatic rings. The highest BCUT2D eigenvalue weighted by atomic mass is 16.5. The summed E-state index contributed by atoms with van der Waals surface area (Å²) in [4.78, 5) is 0. The van der Waals surface area contributed by atoms with E-state index in [-0.39, 0.29) is 5.60 Å². The first-order valence-electron chi connectivity index (χ1n) is 6.14. The highest BCUT2D eigenvalue weighted by molar-refractivity contribution is 4.88. The average Bonchev–Trinajstić information content (AvgIpc) is 2.71. The molecule has 0 aromatic carbocycles. The molecule has 0 spiro atoms. The number of rotatable bonds is 8. The summed E-state index contributed by atoms with van der Waals surface area (Å²) >= 11 is 0. The molecule has 1 aromatic heterocycles. The highest BCUT2D eigenvalue weighted by Gasteiger charge is 2.20. The van der Waals surface area contributed by atoms with Crippen LogP contribution in [0.2, 0.25) is 0 Å². The quantitative estimate of drug-likeness (QED) is 0.700. The monoisotopic (exact) mass is 241 g/mol. The van der Waals surface area contributed by atoms with Crippen molar-refractivity contribution >= 4 is 0 Å². The van der Waals surface area contributed by atoms with Gasteiger partial charge in [0.15, 0.2) is 0 Å². The van der Waals surface area contributed by atoms with E-state index in [0.29, 0.717) is 18.2 Å². The Morgan fingerprint density at radius 2 is 1.94 bits per heavy atom. The second kappa shape index (κ2) is 6.71. The molecule has 0 fully saturated rings. The third-order valence-electron chi connectivity index (χ3n) is 2.58. The predicted octanol–water partition coefficient (Wildman–Crippen LogP) is 1.58. The summed E-state index contributed by atoms with van der Waals surface area (Å²) in [6.07, 6.45) is 2.55. The second-order valence-electron chi connectivity index (χ2n) is 4.73. The third kappa shape index (κ3) is 5.28. The zero-order valence-corrected chi connectivity index (χ0v) is 11.2. The molecular formula is C12H23N3O2. The van der Waals surface area contributed by atoms with Gasteiger partial charge in [0, 0.05) is 20.1 Å². The number of nitrogens with zero attached hydrogens (tertiary/aromatic N) is 2. The molecule has 0 aliphatic rings. The van der Waals surface area contributed by atoms with Gasteiger partial charge in [-0.05, 0) is 26.8 Å². The largest absolute Gasteiger partial charge is 0.425 e. The Hall–Kier alpha value is -0.940. The number of methoxy groups -OCH3 is 1. The number of hydrogen-bond acceptors (Lipinski definition) is 5. The van der Waals surface area contributed by atoms with Crippen molar-refractivity contribution in [3.8, 4) is 0 Å². The van der Waals surface area contributed by atoms with E-state index in [0.717, 1.165) is 25.9 Å². The summed E-state index contributed by atoms with van der Waals surface area (Å²) < 4.78 is 10.9. The van der Waals surface area contributed by atoms with E-state index in [9.17, 15) is 0 Å². The Labute approximate surface area is 103 Å². The minimum atomic E-state index is -0.260. The molecule has 98 valence electrons. The van der Waals surface area contributed by atoms with Crippen LogP contribution < -0.4 is 5.32 Å². The van der Waals surface area contributed by atoms with Crippen LogP contribution >= 0.6 is 0 Å². The van der Waals surface area contributed by atoms with Crippen LogP contribution in [0.25, 0.3) is 0 Å². The molecule has 1 N–H and O–H groups in total. The number of ether oxygens (including phenoxy) is 1. The van der Waals surface area contributed by atoms with E-state index in [1.165, 1.54) is 0 Å². The maximum Gasteiger partial charge on any atom is 0.219 e. The lowest BCUT2D eigenvalue weighted by molar-refractivity contribution is 0.0179. The molecule has 0 aliphatic carbocycles. The molecule has 0 unspecified atom stereocenters. The fourth-order valence-electron chi connectivity index (χ4n) is 1.39. The van der Waals surface area contributed by atoms with Crippen LogP contribution in [-0.2, 0) is 17.6 Å². The minimum Gasteiger partial charge on any atom is -0.425 e. The maximum atomic E-state index is 5.56. The highest BCUT2D eigenvalue weighted by Crippen LogP contribution is 2.14. The van der Waals surface area contributed by atoms with Crippen LogP contribution in [0.3, 0.4) is 0 Å². The van der Waals surface area contributed by atoms with E-state index in [1.807, 2.05) is 13.8 Å². The molecule has 0 saturated heterocycles. The second-order valence-corrected chi connectivity index (χ2v) is 4.73. The molecule has 0 amide bonds. The first-order chi connectivity index (χ1) is 8.07. The van der Waals surface area contributed by atoms with Crippen molar-refractivity contribution in [3.05, 3.63) is 11.8 Å². The Kier molecular flexibility index (Phi) is 5.58.